The van der Waals surface area contributed by atoms with Crippen molar-refractivity contribution >= 4 is 11.3 Å². The molecule has 3 nitrogen and oxygen atoms in total. The summed E-state index contributed by atoms with van der Waals surface area (Å²) in [4.78, 5) is 5.77. The highest BCUT2D eigenvalue weighted by molar-refractivity contribution is 7.11. The summed E-state index contributed by atoms with van der Waals surface area (Å²) in [5, 5.41) is 14.8. The number of aromatic nitrogens is 1. The van der Waals surface area contributed by atoms with Gasteiger partial charge in [0, 0.05) is 23.0 Å². The van der Waals surface area contributed by atoms with Crippen LogP contribution in [-0.2, 0) is 23.9 Å². The normalized spacial score (nSPS) is 21.1. The first-order valence-corrected chi connectivity index (χ1v) is 8.66. The van der Waals surface area contributed by atoms with Crippen LogP contribution in [0.5, 0.6) is 0 Å². The molecule has 1 aromatic carbocycles. The fourth-order valence-corrected chi connectivity index (χ4v) is 3.99. The third-order valence-electron chi connectivity index (χ3n) is 4.42. The van der Waals surface area contributed by atoms with Gasteiger partial charge < -0.3 is 10.4 Å². The Morgan fingerprint density at radius 3 is 2.77 bits per heavy atom. The minimum atomic E-state index is -0.303. The maximum atomic E-state index is 10.0. The summed E-state index contributed by atoms with van der Waals surface area (Å²) in [6.07, 6.45) is 3.94. The quantitative estimate of drug-likeness (QED) is 0.909. The van der Waals surface area contributed by atoms with Gasteiger partial charge in [0.15, 0.2) is 0 Å². The highest BCUT2D eigenvalue weighted by Gasteiger charge is 2.37. The van der Waals surface area contributed by atoms with Gasteiger partial charge in [-0.2, -0.15) is 0 Å². The van der Waals surface area contributed by atoms with Gasteiger partial charge in [-0.05, 0) is 24.0 Å². The van der Waals surface area contributed by atoms with Crippen molar-refractivity contribution < 1.29 is 5.11 Å². The molecule has 1 aliphatic carbocycles. The summed E-state index contributed by atoms with van der Waals surface area (Å²) in [6.45, 7) is 7.44. The van der Waals surface area contributed by atoms with Crippen molar-refractivity contribution in [2.24, 2.45) is 0 Å². The van der Waals surface area contributed by atoms with E-state index in [0.717, 1.165) is 24.4 Å². The minimum absolute atomic E-state index is 0.0948. The van der Waals surface area contributed by atoms with Gasteiger partial charge in [-0.1, -0.05) is 45.0 Å². The number of hydrogen-bond acceptors (Lipinski definition) is 4. The maximum Gasteiger partial charge on any atom is 0.0981 e. The molecule has 0 bridgehead atoms. The molecule has 0 saturated carbocycles. The van der Waals surface area contributed by atoms with Crippen molar-refractivity contribution in [1.82, 2.24) is 10.3 Å². The van der Waals surface area contributed by atoms with Crippen LogP contribution in [0.1, 0.15) is 48.2 Å². The Bertz CT molecular complexity index is 659. The second kappa shape index (κ2) is 5.76. The van der Waals surface area contributed by atoms with E-state index in [2.05, 4.69) is 55.3 Å². The number of thiazole rings is 1. The molecule has 0 radical (unpaired) electrons. The molecule has 4 heteroatoms. The molecular formula is C18H24N2OS. The van der Waals surface area contributed by atoms with Crippen LogP contribution >= 0.6 is 11.3 Å². The van der Waals surface area contributed by atoms with Crippen LogP contribution in [0, 0.1) is 0 Å². The molecule has 1 unspecified atom stereocenters. The molecule has 0 amide bonds. The summed E-state index contributed by atoms with van der Waals surface area (Å²) in [5.41, 5.74) is 2.39. The number of fused-ring (bicyclic) bond motifs is 1. The number of hydrogen-bond donors (Lipinski definition) is 2. The van der Waals surface area contributed by atoms with Gasteiger partial charge in [-0.15, -0.1) is 11.3 Å². The van der Waals surface area contributed by atoms with Crippen molar-refractivity contribution in [1.29, 1.82) is 0 Å². The highest BCUT2D eigenvalue weighted by atomic mass is 32.1. The standard InChI is InChI=1S/C18H24N2OS/c1-17(2,3)16-19-10-14(22-16)11-20-18(12-21)9-8-13-6-4-5-7-15(13)18/h4-7,10,20-21H,8-9,11-12H2,1-3H3. The first-order chi connectivity index (χ1) is 10.4. The van der Waals surface area contributed by atoms with Gasteiger partial charge in [0.1, 0.15) is 0 Å². The van der Waals surface area contributed by atoms with Crippen LogP contribution in [-0.4, -0.2) is 16.7 Å². The second-order valence-corrected chi connectivity index (χ2v) is 8.25. The van der Waals surface area contributed by atoms with Gasteiger partial charge >= 0.3 is 0 Å². The third kappa shape index (κ3) is 2.83. The van der Waals surface area contributed by atoms with E-state index in [9.17, 15) is 5.11 Å². The second-order valence-electron chi connectivity index (χ2n) is 7.13. The van der Waals surface area contributed by atoms with Gasteiger partial charge in [0.2, 0.25) is 0 Å². The molecule has 0 spiro atoms. The van der Waals surface area contributed by atoms with E-state index in [0.29, 0.717) is 0 Å². The van der Waals surface area contributed by atoms with Crippen LogP contribution in [0.3, 0.4) is 0 Å². The molecule has 0 saturated heterocycles. The van der Waals surface area contributed by atoms with Crippen molar-refractivity contribution in [2.45, 2.75) is 51.1 Å². The van der Waals surface area contributed by atoms with Crippen LogP contribution in [0.2, 0.25) is 0 Å². The Morgan fingerprint density at radius 2 is 2.09 bits per heavy atom. The van der Waals surface area contributed by atoms with E-state index in [1.165, 1.54) is 16.0 Å². The summed E-state index contributed by atoms with van der Waals surface area (Å²) >= 11 is 1.76. The van der Waals surface area contributed by atoms with Crippen molar-refractivity contribution in [3.63, 3.8) is 0 Å². The molecule has 1 aliphatic rings. The Morgan fingerprint density at radius 1 is 1.32 bits per heavy atom. The molecule has 0 aliphatic heterocycles. The Balaban J connectivity index is 1.77. The van der Waals surface area contributed by atoms with E-state index in [1.807, 2.05) is 6.20 Å². The zero-order valence-electron chi connectivity index (χ0n) is 13.5. The Labute approximate surface area is 136 Å². The fourth-order valence-electron chi connectivity index (χ4n) is 3.08. The molecular weight excluding hydrogens is 292 g/mol. The summed E-state index contributed by atoms with van der Waals surface area (Å²) in [5.74, 6) is 0. The molecule has 1 aromatic heterocycles. The average molecular weight is 316 g/mol. The van der Waals surface area contributed by atoms with Gasteiger partial charge in [-0.25, -0.2) is 4.98 Å². The maximum absolute atomic E-state index is 10.0. The Kier molecular flexibility index (Phi) is 4.10. The molecule has 3 rings (SSSR count). The summed E-state index contributed by atoms with van der Waals surface area (Å²) < 4.78 is 0. The number of aliphatic hydroxyl groups excluding tert-OH is 1. The lowest BCUT2D eigenvalue weighted by Crippen LogP contribution is -2.43. The summed E-state index contributed by atoms with van der Waals surface area (Å²) in [6, 6.07) is 8.43. The van der Waals surface area contributed by atoms with E-state index < -0.39 is 0 Å². The monoisotopic (exact) mass is 316 g/mol. The fraction of sp³-hybridized carbons (Fsp3) is 0.500. The smallest absolute Gasteiger partial charge is 0.0981 e. The van der Waals surface area contributed by atoms with Crippen LogP contribution < -0.4 is 5.32 Å². The summed E-state index contributed by atoms with van der Waals surface area (Å²) in [7, 11) is 0. The average Bonchev–Trinajstić information content (AvgIpc) is 3.10. The predicted molar refractivity (Wildman–Crippen MR) is 91.2 cm³/mol. The highest BCUT2D eigenvalue weighted by Crippen LogP contribution is 2.37. The first kappa shape index (κ1) is 15.7. The number of aliphatic hydroxyl groups is 1. The largest absolute Gasteiger partial charge is 0.394 e. The number of nitrogens with one attached hydrogen (secondary N) is 1. The SMILES string of the molecule is CC(C)(C)c1ncc(CNC2(CO)CCc3ccccc32)s1. The van der Waals surface area contributed by atoms with Gasteiger partial charge in [0.05, 0.1) is 17.2 Å². The van der Waals surface area contributed by atoms with E-state index in [4.69, 9.17) is 0 Å². The molecule has 2 aromatic rings. The molecule has 22 heavy (non-hydrogen) atoms. The van der Waals surface area contributed by atoms with Crippen molar-refractivity contribution in [3.8, 4) is 0 Å². The first-order valence-electron chi connectivity index (χ1n) is 7.84. The lowest BCUT2D eigenvalue weighted by atomic mass is 9.92. The zero-order valence-corrected chi connectivity index (χ0v) is 14.3. The number of benzene rings is 1. The topological polar surface area (TPSA) is 45.2 Å². The number of rotatable bonds is 4. The number of aryl methyl sites for hydroxylation is 1. The van der Waals surface area contributed by atoms with E-state index in [-0.39, 0.29) is 17.6 Å². The predicted octanol–water partition coefficient (Wildman–Crippen LogP) is 3.36. The lowest BCUT2D eigenvalue weighted by Gasteiger charge is -2.29. The Hall–Kier alpha value is -1.23. The minimum Gasteiger partial charge on any atom is -0.394 e. The van der Waals surface area contributed by atoms with Crippen LogP contribution in [0.4, 0.5) is 0 Å². The van der Waals surface area contributed by atoms with Crippen molar-refractivity contribution in [2.75, 3.05) is 6.61 Å². The van der Waals surface area contributed by atoms with E-state index in [1.54, 1.807) is 11.3 Å². The van der Waals surface area contributed by atoms with E-state index >= 15 is 0 Å². The third-order valence-corrected chi connectivity index (χ3v) is 5.84. The van der Waals surface area contributed by atoms with Gasteiger partial charge in [-0.3, -0.25) is 0 Å². The lowest BCUT2D eigenvalue weighted by molar-refractivity contribution is 0.159. The molecule has 1 atom stereocenters. The molecule has 2 N–H and O–H groups in total. The number of nitrogens with zero attached hydrogens (tertiary/aromatic N) is 1. The van der Waals surface area contributed by atoms with Crippen LogP contribution in [0.25, 0.3) is 0 Å². The van der Waals surface area contributed by atoms with Gasteiger partial charge in [0.25, 0.3) is 0 Å². The molecule has 1 heterocycles. The molecule has 0 fully saturated rings. The zero-order chi connectivity index (χ0) is 15.8. The van der Waals surface area contributed by atoms with Crippen molar-refractivity contribution in [3.05, 3.63) is 51.5 Å². The molecule has 118 valence electrons. The van der Waals surface area contributed by atoms with Crippen LogP contribution in [0.15, 0.2) is 30.5 Å².